The van der Waals surface area contributed by atoms with Crippen LogP contribution in [-0.4, -0.2) is 27.8 Å². The standard InChI is InChI=1S/C21H23N3O7/c1-5-14-8-7-9-15(6-2)19(14)22-20(25)13(4)31-21(26)16-10-17(23(27)28)12(3)18(11-16)24(29)30/h7-11,13H,5-6H2,1-4H3,(H,22,25). The minimum Gasteiger partial charge on any atom is -0.449 e. The number of hydrogen-bond acceptors (Lipinski definition) is 7. The summed E-state index contributed by atoms with van der Waals surface area (Å²) in [4.78, 5) is 45.8. The maximum absolute atomic E-state index is 12.6. The molecule has 10 nitrogen and oxygen atoms in total. The number of carbonyl (C=O) groups excluding carboxylic acids is 2. The van der Waals surface area contributed by atoms with Crippen LogP contribution in [0.1, 0.15) is 47.8 Å². The van der Waals surface area contributed by atoms with Gasteiger partial charge in [-0.2, -0.15) is 0 Å². The van der Waals surface area contributed by atoms with Gasteiger partial charge in [-0.15, -0.1) is 0 Å². The Kier molecular flexibility index (Phi) is 7.41. The second-order valence-electron chi connectivity index (χ2n) is 6.85. The zero-order valence-corrected chi connectivity index (χ0v) is 17.6. The van der Waals surface area contributed by atoms with E-state index in [0.29, 0.717) is 18.5 Å². The van der Waals surface area contributed by atoms with Crippen molar-refractivity contribution in [2.24, 2.45) is 0 Å². The molecule has 0 bridgehead atoms. The predicted octanol–water partition coefficient (Wildman–Crippen LogP) is 4.12. The first-order chi connectivity index (χ1) is 14.6. The Labute approximate surface area is 178 Å². The summed E-state index contributed by atoms with van der Waals surface area (Å²) in [5.74, 6) is -1.66. The smallest absolute Gasteiger partial charge is 0.339 e. The molecule has 0 heterocycles. The zero-order valence-electron chi connectivity index (χ0n) is 17.6. The molecule has 0 radical (unpaired) electrons. The molecule has 1 atom stereocenters. The molecule has 0 saturated carbocycles. The molecule has 1 amide bonds. The van der Waals surface area contributed by atoms with Crippen molar-refractivity contribution < 1.29 is 24.2 Å². The lowest BCUT2D eigenvalue weighted by atomic mass is 10.0. The highest BCUT2D eigenvalue weighted by molar-refractivity contribution is 5.98. The fourth-order valence-electron chi connectivity index (χ4n) is 3.09. The van der Waals surface area contributed by atoms with E-state index in [1.807, 2.05) is 32.0 Å². The first-order valence-electron chi connectivity index (χ1n) is 9.66. The molecule has 0 aliphatic heterocycles. The molecular weight excluding hydrogens is 406 g/mol. The summed E-state index contributed by atoms with van der Waals surface area (Å²) >= 11 is 0. The molecule has 0 aromatic heterocycles. The average Bonchev–Trinajstić information content (AvgIpc) is 2.73. The van der Waals surface area contributed by atoms with E-state index in [1.54, 1.807) is 0 Å². The molecule has 164 valence electrons. The minimum absolute atomic E-state index is 0.180. The zero-order chi connectivity index (χ0) is 23.3. The van der Waals surface area contributed by atoms with Crippen molar-refractivity contribution in [2.45, 2.75) is 46.6 Å². The second kappa shape index (κ2) is 9.79. The number of hydrogen-bond donors (Lipinski definition) is 1. The summed E-state index contributed by atoms with van der Waals surface area (Å²) in [7, 11) is 0. The van der Waals surface area contributed by atoms with Crippen molar-refractivity contribution in [3.05, 3.63) is 72.8 Å². The summed E-state index contributed by atoms with van der Waals surface area (Å²) in [5, 5.41) is 25.2. The molecule has 0 spiro atoms. The summed E-state index contributed by atoms with van der Waals surface area (Å²) in [5.41, 5.74) is 0.784. The molecule has 10 heteroatoms. The van der Waals surface area contributed by atoms with Crippen LogP contribution in [0.25, 0.3) is 0 Å². The largest absolute Gasteiger partial charge is 0.449 e. The van der Waals surface area contributed by atoms with E-state index < -0.39 is 39.2 Å². The first kappa shape index (κ1) is 23.5. The Morgan fingerprint density at radius 1 is 1.03 bits per heavy atom. The molecule has 2 aromatic carbocycles. The number of amides is 1. The molecule has 1 unspecified atom stereocenters. The first-order valence-corrected chi connectivity index (χ1v) is 9.66. The normalized spacial score (nSPS) is 11.5. The van der Waals surface area contributed by atoms with Gasteiger partial charge in [0, 0.05) is 17.8 Å². The third-order valence-corrected chi connectivity index (χ3v) is 4.88. The Morgan fingerprint density at radius 3 is 1.94 bits per heavy atom. The van der Waals surface area contributed by atoms with Crippen LogP contribution < -0.4 is 5.32 Å². The highest BCUT2D eigenvalue weighted by atomic mass is 16.6. The molecule has 0 aliphatic carbocycles. The molecule has 31 heavy (non-hydrogen) atoms. The van der Waals surface area contributed by atoms with E-state index in [1.165, 1.54) is 13.8 Å². The van der Waals surface area contributed by atoms with Crippen molar-refractivity contribution in [2.75, 3.05) is 5.32 Å². The van der Waals surface area contributed by atoms with Crippen molar-refractivity contribution in [3.63, 3.8) is 0 Å². The molecule has 0 fully saturated rings. The van der Waals surface area contributed by atoms with Gasteiger partial charge in [-0.1, -0.05) is 32.0 Å². The lowest BCUT2D eigenvalue weighted by Crippen LogP contribution is -2.30. The summed E-state index contributed by atoms with van der Waals surface area (Å²) < 4.78 is 5.13. The van der Waals surface area contributed by atoms with E-state index in [2.05, 4.69) is 5.32 Å². The number of aryl methyl sites for hydroxylation is 2. The number of ether oxygens (including phenoxy) is 1. The van der Waals surface area contributed by atoms with Crippen LogP contribution in [0.5, 0.6) is 0 Å². The number of carbonyl (C=O) groups is 2. The topological polar surface area (TPSA) is 142 Å². The van der Waals surface area contributed by atoms with Crippen molar-refractivity contribution >= 4 is 28.9 Å². The van der Waals surface area contributed by atoms with Gasteiger partial charge in [0.05, 0.1) is 15.4 Å². The number of nitro benzene ring substituents is 2. The number of para-hydroxylation sites is 1. The van der Waals surface area contributed by atoms with Gasteiger partial charge in [0.15, 0.2) is 6.10 Å². The van der Waals surface area contributed by atoms with Gasteiger partial charge in [-0.05, 0) is 37.8 Å². The van der Waals surface area contributed by atoms with E-state index in [0.717, 1.165) is 23.3 Å². The molecule has 1 N–H and O–H groups in total. The van der Waals surface area contributed by atoms with Crippen LogP contribution in [0, 0.1) is 27.2 Å². The Morgan fingerprint density at radius 2 is 1.52 bits per heavy atom. The third-order valence-electron chi connectivity index (χ3n) is 4.88. The van der Waals surface area contributed by atoms with E-state index in [4.69, 9.17) is 4.74 Å². The SMILES string of the molecule is CCc1cccc(CC)c1NC(=O)C(C)OC(=O)c1cc([N+](=O)[O-])c(C)c([N+](=O)[O-])c1. The van der Waals surface area contributed by atoms with Gasteiger partial charge in [0.2, 0.25) is 0 Å². The number of benzene rings is 2. The summed E-state index contributed by atoms with van der Waals surface area (Å²) in [6, 6.07) is 7.47. The Hall–Kier alpha value is -3.82. The van der Waals surface area contributed by atoms with E-state index in [9.17, 15) is 29.8 Å². The number of esters is 1. The van der Waals surface area contributed by atoms with Gasteiger partial charge in [0.1, 0.15) is 5.56 Å². The Balaban J connectivity index is 2.26. The quantitative estimate of drug-likeness (QED) is 0.378. The highest BCUT2D eigenvalue weighted by Crippen LogP contribution is 2.30. The van der Waals surface area contributed by atoms with Crippen molar-refractivity contribution in [1.29, 1.82) is 0 Å². The maximum atomic E-state index is 12.6. The number of anilines is 1. The molecular formula is C21H23N3O7. The molecule has 2 rings (SSSR count). The number of nitrogens with one attached hydrogen (secondary N) is 1. The van der Waals surface area contributed by atoms with E-state index in [-0.39, 0.29) is 11.1 Å². The molecule has 0 saturated heterocycles. The monoisotopic (exact) mass is 429 g/mol. The second-order valence-corrected chi connectivity index (χ2v) is 6.85. The lowest BCUT2D eigenvalue weighted by Gasteiger charge is -2.18. The maximum Gasteiger partial charge on any atom is 0.339 e. The van der Waals surface area contributed by atoms with Gasteiger partial charge in [-0.3, -0.25) is 25.0 Å². The van der Waals surface area contributed by atoms with Crippen LogP contribution in [0.15, 0.2) is 30.3 Å². The lowest BCUT2D eigenvalue weighted by molar-refractivity contribution is -0.395. The van der Waals surface area contributed by atoms with Gasteiger partial charge in [-0.25, -0.2) is 4.79 Å². The van der Waals surface area contributed by atoms with Crippen LogP contribution in [0.4, 0.5) is 17.1 Å². The molecule has 2 aromatic rings. The van der Waals surface area contributed by atoms with Crippen molar-refractivity contribution in [3.8, 4) is 0 Å². The Bertz CT molecular complexity index is 992. The van der Waals surface area contributed by atoms with Gasteiger partial charge >= 0.3 is 5.97 Å². The van der Waals surface area contributed by atoms with E-state index >= 15 is 0 Å². The number of nitrogens with zero attached hydrogens (tertiary/aromatic N) is 2. The number of nitro groups is 2. The van der Waals surface area contributed by atoms with Crippen LogP contribution in [0.3, 0.4) is 0 Å². The van der Waals surface area contributed by atoms with Gasteiger partial charge in [0.25, 0.3) is 17.3 Å². The van der Waals surface area contributed by atoms with Crippen LogP contribution >= 0.6 is 0 Å². The predicted molar refractivity (Wildman–Crippen MR) is 113 cm³/mol. The van der Waals surface area contributed by atoms with Crippen molar-refractivity contribution in [1.82, 2.24) is 0 Å². The summed E-state index contributed by atoms with van der Waals surface area (Å²) in [6.07, 6.45) is 0.143. The molecule has 0 aliphatic rings. The fourth-order valence-corrected chi connectivity index (χ4v) is 3.09. The third kappa shape index (κ3) is 5.21. The highest BCUT2D eigenvalue weighted by Gasteiger charge is 2.28. The average molecular weight is 429 g/mol. The minimum atomic E-state index is -1.23. The fraction of sp³-hybridized carbons (Fsp3) is 0.333. The summed E-state index contributed by atoms with van der Waals surface area (Å²) in [6.45, 7) is 6.47. The van der Waals surface area contributed by atoms with Gasteiger partial charge < -0.3 is 10.1 Å². The van der Waals surface area contributed by atoms with Crippen LogP contribution in [-0.2, 0) is 22.4 Å². The van der Waals surface area contributed by atoms with Crippen LogP contribution in [0.2, 0.25) is 0 Å². The number of rotatable bonds is 8.